The molecule has 3 rings (SSSR count). The first-order valence-electron chi connectivity index (χ1n) is 10.5. The van der Waals surface area contributed by atoms with Crippen LogP contribution in [-0.4, -0.2) is 35.1 Å². The van der Waals surface area contributed by atoms with E-state index in [1.165, 1.54) is 0 Å². The second-order valence-electron chi connectivity index (χ2n) is 7.33. The molecule has 0 spiro atoms. The van der Waals surface area contributed by atoms with Crippen LogP contribution in [-0.2, 0) is 14.4 Å². The van der Waals surface area contributed by atoms with Gasteiger partial charge in [-0.25, -0.2) is 5.43 Å². The molecule has 0 aliphatic rings. The summed E-state index contributed by atoms with van der Waals surface area (Å²) in [5.74, 6) is -2.32. The van der Waals surface area contributed by atoms with Crippen LogP contribution in [0.15, 0.2) is 96.1 Å². The van der Waals surface area contributed by atoms with Crippen LogP contribution in [0.1, 0.15) is 35.4 Å². The summed E-state index contributed by atoms with van der Waals surface area (Å²) < 4.78 is 0. The van der Waals surface area contributed by atoms with E-state index in [0.717, 1.165) is 16.7 Å². The van der Waals surface area contributed by atoms with E-state index in [1.807, 2.05) is 66.7 Å². The van der Waals surface area contributed by atoms with Gasteiger partial charge in [-0.2, -0.15) is 5.10 Å². The fraction of sp³-hybridized carbons (Fsp3) is 0.154. The number of hydrogen-bond donors (Lipinski definition) is 3. The van der Waals surface area contributed by atoms with Crippen molar-refractivity contribution in [3.63, 3.8) is 0 Å². The molecule has 0 aliphatic heterocycles. The van der Waals surface area contributed by atoms with Crippen LogP contribution >= 0.6 is 0 Å². The molecule has 0 saturated carbocycles. The molecule has 0 bridgehead atoms. The van der Waals surface area contributed by atoms with Gasteiger partial charge in [0.1, 0.15) is 0 Å². The summed E-state index contributed by atoms with van der Waals surface area (Å²) in [5.41, 5.74) is 5.23. The summed E-state index contributed by atoms with van der Waals surface area (Å²) in [6, 6.07) is 27.7. The van der Waals surface area contributed by atoms with Crippen molar-refractivity contribution in [1.29, 1.82) is 0 Å². The fourth-order valence-electron chi connectivity index (χ4n) is 3.35. The third kappa shape index (κ3) is 7.14. The van der Waals surface area contributed by atoms with Crippen molar-refractivity contribution in [3.8, 4) is 0 Å². The average molecular weight is 444 g/mol. The fourth-order valence-corrected chi connectivity index (χ4v) is 3.35. The number of amides is 2. The molecule has 0 heterocycles. The van der Waals surface area contributed by atoms with Crippen LogP contribution in [0.2, 0.25) is 0 Å². The van der Waals surface area contributed by atoms with E-state index in [0.29, 0.717) is 5.71 Å². The Morgan fingerprint density at radius 3 is 1.79 bits per heavy atom. The molecule has 3 N–H and O–H groups in total. The summed E-state index contributed by atoms with van der Waals surface area (Å²) in [6.45, 7) is -0.264. The van der Waals surface area contributed by atoms with Gasteiger partial charge in [0.2, 0.25) is 5.91 Å². The van der Waals surface area contributed by atoms with Crippen LogP contribution < -0.4 is 10.7 Å². The molecule has 0 atom stereocenters. The number of aliphatic carboxylic acids is 1. The number of hydrogen-bond acceptors (Lipinski definition) is 4. The maximum absolute atomic E-state index is 13.0. The van der Waals surface area contributed by atoms with E-state index in [4.69, 9.17) is 5.11 Å². The molecule has 2 amide bonds. The molecule has 168 valence electrons. The zero-order valence-electron chi connectivity index (χ0n) is 18.0. The lowest BCUT2D eigenvalue weighted by Gasteiger charge is -2.17. The highest BCUT2D eigenvalue weighted by Gasteiger charge is 2.22. The quantitative estimate of drug-likeness (QED) is 0.330. The summed E-state index contributed by atoms with van der Waals surface area (Å²) >= 11 is 0. The van der Waals surface area contributed by atoms with Gasteiger partial charge in [0.05, 0.1) is 24.6 Å². The van der Waals surface area contributed by atoms with E-state index in [1.54, 1.807) is 24.3 Å². The van der Waals surface area contributed by atoms with Crippen LogP contribution in [0.25, 0.3) is 0 Å². The summed E-state index contributed by atoms with van der Waals surface area (Å²) in [4.78, 5) is 36.3. The van der Waals surface area contributed by atoms with Crippen molar-refractivity contribution < 1.29 is 19.5 Å². The van der Waals surface area contributed by atoms with E-state index >= 15 is 0 Å². The minimum Gasteiger partial charge on any atom is -0.481 e. The second-order valence-corrected chi connectivity index (χ2v) is 7.33. The normalized spacial score (nSPS) is 11.1. The highest BCUT2D eigenvalue weighted by molar-refractivity contribution is 6.02. The SMILES string of the molecule is O=C(O)CC/C(=N\NC(=O)CNC(=O)C(c1ccccc1)c1ccccc1)c1ccccc1. The third-order valence-electron chi connectivity index (χ3n) is 4.95. The van der Waals surface area contributed by atoms with Gasteiger partial charge < -0.3 is 10.4 Å². The molecule has 0 unspecified atom stereocenters. The van der Waals surface area contributed by atoms with Gasteiger partial charge >= 0.3 is 5.97 Å². The predicted octanol–water partition coefficient (Wildman–Crippen LogP) is 3.32. The molecule has 3 aromatic rings. The zero-order valence-corrected chi connectivity index (χ0v) is 18.0. The molecule has 7 nitrogen and oxygen atoms in total. The smallest absolute Gasteiger partial charge is 0.303 e. The first kappa shape index (κ1) is 23.4. The van der Waals surface area contributed by atoms with E-state index in [-0.39, 0.29) is 25.3 Å². The lowest BCUT2D eigenvalue weighted by atomic mass is 9.90. The minimum atomic E-state index is -0.954. The van der Waals surface area contributed by atoms with Crippen molar-refractivity contribution in [2.45, 2.75) is 18.8 Å². The average Bonchev–Trinajstić information content (AvgIpc) is 2.84. The zero-order chi connectivity index (χ0) is 23.5. The third-order valence-corrected chi connectivity index (χ3v) is 4.95. The Hall–Kier alpha value is -4.26. The number of carboxylic acids is 1. The first-order chi connectivity index (χ1) is 16.0. The Labute approximate surface area is 192 Å². The first-order valence-corrected chi connectivity index (χ1v) is 10.5. The van der Waals surface area contributed by atoms with Crippen LogP contribution in [0, 0.1) is 0 Å². The molecule has 7 heteroatoms. The maximum Gasteiger partial charge on any atom is 0.303 e. The summed E-state index contributed by atoms with van der Waals surface area (Å²) in [7, 11) is 0. The molecule has 0 fully saturated rings. The molecule has 3 aromatic carbocycles. The molecule has 0 aromatic heterocycles. The molecule has 33 heavy (non-hydrogen) atoms. The van der Waals surface area contributed by atoms with Crippen molar-refractivity contribution in [1.82, 2.24) is 10.7 Å². The Bertz CT molecular complexity index is 1060. The molecular weight excluding hydrogens is 418 g/mol. The Kier molecular flexibility index (Phi) is 8.48. The molecule has 0 saturated heterocycles. The minimum absolute atomic E-state index is 0.115. The van der Waals surface area contributed by atoms with Gasteiger partial charge in [-0.1, -0.05) is 91.0 Å². The van der Waals surface area contributed by atoms with Crippen molar-refractivity contribution in [2.24, 2.45) is 5.10 Å². The van der Waals surface area contributed by atoms with E-state index in [9.17, 15) is 14.4 Å². The van der Waals surface area contributed by atoms with Gasteiger partial charge in [0, 0.05) is 6.42 Å². The van der Waals surface area contributed by atoms with Crippen LogP contribution in [0.3, 0.4) is 0 Å². The van der Waals surface area contributed by atoms with Gasteiger partial charge in [-0.15, -0.1) is 0 Å². The van der Waals surface area contributed by atoms with Crippen molar-refractivity contribution in [2.75, 3.05) is 6.54 Å². The Balaban J connectivity index is 1.66. The van der Waals surface area contributed by atoms with Gasteiger partial charge in [-0.05, 0) is 16.7 Å². The number of carboxylic acid groups (broad SMARTS) is 1. The lowest BCUT2D eigenvalue weighted by molar-refractivity contribution is -0.136. The van der Waals surface area contributed by atoms with E-state index < -0.39 is 17.8 Å². The summed E-state index contributed by atoms with van der Waals surface area (Å²) in [6.07, 6.45) is 0.0479. The number of benzene rings is 3. The lowest BCUT2D eigenvalue weighted by Crippen LogP contribution is -2.38. The number of rotatable bonds is 10. The topological polar surface area (TPSA) is 108 Å². The molecule has 0 aliphatic carbocycles. The molecule has 0 radical (unpaired) electrons. The Morgan fingerprint density at radius 2 is 1.27 bits per heavy atom. The summed E-state index contributed by atoms with van der Waals surface area (Å²) in [5, 5.41) is 15.8. The highest BCUT2D eigenvalue weighted by Crippen LogP contribution is 2.24. The number of nitrogens with one attached hydrogen (secondary N) is 2. The monoisotopic (exact) mass is 443 g/mol. The maximum atomic E-state index is 13.0. The van der Waals surface area contributed by atoms with Crippen molar-refractivity contribution >= 4 is 23.5 Å². The van der Waals surface area contributed by atoms with Crippen LogP contribution in [0.4, 0.5) is 0 Å². The van der Waals surface area contributed by atoms with Crippen LogP contribution in [0.5, 0.6) is 0 Å². The highest BCUT2D eigenvalue weighted by atomic mass is 16.4. The number of nitrogens with zero attached hydrogens (tertiary/aromatic N) is 1. The number of carbonyl (C=O) groups is 3. The largest absolute Gasteiger partial charge is 0.481 e. The predicted molar refractivity (Wildman–Crippen MR) is 126 cm³/mol. The van der Waals surface area contributed by atoms with Gasteiger partial charge in [0.15, 0.2) is 0 Å². The van der Waals surface area contributed by atoms with Gasteiger partial charge in [0.25, 0.3) is 5.91 Å². The van der Waals surface area contributed by atoms with Gasteiger partial charge in [-0.3, -0.25) is 14.4 Å². The number of carbonyl (C=O) groups excluding carboxylic acids is 2. The Morgan fingerprint density at radius 1 is 0.758 bits per heavy atom. The number of hydrazone groups is 1. The molecular formula is C26H25N3O4. The van der Waals surface area contributed by atoms with E-state index in [2.05, 4.69) is 15.8 Å². The standard InChI is InChI=1S/C26H25N3O4/c30-23(29-28-22(16-17-24(31)32)19-10-4-1-5-11-19)18-27-26(33)25(20-12-6-2-7-13-20)21-14-8-3-9-15-21/h1-15,25H,16-18H2,(H,27,33)(H,29,30)(H,31,32)/b28-22+. The van der Waals surface area contributed by atoms with Crippen molar-refractivity contribution in [3.05, 3.63) is 108 Å². The second kappa shape index (κ2) is 12.0.